The number of rotatable bonds is 0. The number of halogens is 1. The molecule has 0 spiro atoms. The Hall–Kier alpha value is 0.250. The van der Waals surface area contributed by atoms with Gasteiger partial charge in [0.2, 0.25) is 0 Å². The van der Waals surface area contributed by atoms with E-state index in [0.29, 0.717) is 0 Å². The molecule has 40 valence electrons. The van der Waals surface area contributed by atoms with Crippen LogP contribution in [0.25, 0.3) is 0 Å². The molecule has 2 N–H and O–H groups in total. The van der Waals surface area contributed by atoms with Crippen molar-refractivity contribution < 1.29 is 0 Å². The lowest BCUT2D eigenvalue weighted by atomic mass is 10.2. The van der Waals surface area contributed by atoms with Gasteiger partial charge in [0.25, 0.3) is 0 Å². The molecule has 0 aromatic carbocycles. The Balaban J connectivity index is 0. The third-order valence-corrected chi connectivity index (χ3v) is 0. The van der Waals surface area contributed by atoms with Crippen LogP contribution in [0, 0.1) is 0 Å². The minimum Gasteiger partial charge on any atom is -0.326 e. The molecule has 0 unspecified atom stereocenters. The van der Waals surface area contributed by atoms with Crippen LogP contribution in [0.4, 0.5) is 0 Å². The molecule has 0 bridgehead atoms. The zero-order chi connectivity index (χ0) is 4.50. The molecular weight excluding hydrogens is 98.5 g/mol. The third kappa shape index (κ3) is 718. The van der Waals surface area contributed by atoms with Crippen LogP contribution in [0.15, 0.2) is 0 Å². The van der Waals surface area contributed by atoms with Gasteiger partial charge >= 0.3 is 0 Å². The number of hydrogen-bond donors (Lipinski definition) is 1. The van der Waals surface area contributed by atoms with Gasteiger partial charge in [-0.3, -0.25) is 0 Å². The van der Waals surface area contributed by atoms with E-state index < -0.39 is 0 Å². The summed E-state index contributed by atoms with van der Waals surface area (Å²) in [6.45, 7) is 5.90. The van der Waals surface area contributed by atoms with Gasteiger partial charge in [0.1, 0.15) is 0 Å². The van der Waals surface area contributed by atoms with Crippen LogP contribution in [0.2, 0.25) is 0 Å². The molecule has 0 aliphatic heterocycles. The van der Waals surface area contributed by atoms with Crippen molar-refractivity contribution in [2.24, 2.45) is 5.73 Å². The third-order valence-electron chi connectivity index (χ3n) is 0. The smallest absolute Gasteiger partial charge is 0.00686 e. The maximum atomic E-state index is 5.35. The molecule has 6 heavy (non-hydrogen) atoms. The van der Waals surface area contributed by atoms with Crippen molar-refractivity contribution in [1.29, 1.82) is 0 Å². The van der Waals surface area contributed by atoms with Crippen molar-refractivity contribution in [1.82, 2.24) is 0 Å². The summed E-state index contributed by atoms with van der Waals surface area (Å²) in [4.78, 5) is 0. The Bertz CT molecular complexity index is 23.0. The zero-order valence-electron chi connectivity index (χ0n) is 4.49. The van der Waals surface area contributed by atoms with E-state index in [9.17, 15) is 0 Å². The van der Waals surface area contributed by atoms with Crippen LogP contribution in [0.1, 0.15) is 20.8 Å². The minimum atomic E-state index is 0. The van der Waals surface area contributed by atoms with Crippen LogP contribution in [-0.4, -0.2) is 5.54 Å². The lowest BCUT2D eigenvalue weighted by Crippen LogP contribution is -2.26. The fourth-order valence-electron chi connectivity index (χ4n) is 0. The largest absolute Gasteiger partial charge is 0.326 e. The van der Waals surface area contributed by atoms with Gasteiger partial charge in [0, 0.05) is 5.54 Å². The molecule has 0 radical (unpaired) electrons. The highest BCUT2D eigenvalue weighted by Crippen LogP contribution is 1.88. The monoisotopic (exact) mass is 110 g/mol. The SMILES string of the molecule is CC(C)(C)[15NH2].Cl. The first-order valence-corrected chi connectivity index (χ1v) is 1.79. The Morgan fingerprint density at radius 2 is 1.17 bits per heavy atom. The first kappa shape index (κ1) is 9.54. The van der Waals surface area contributed by atoms with E-state index in [1.54, 1.807) is 0 Å². The Morgan fingerprint density at radius 3 is 1.17 bits per heavy atom. The molecule has 0 aromatic heterocycles. The summed E-state index contributed by atoms with van der Waals surface area (Å²) in [5, 5.41) is 0. The lowest BCUT2D eigenvalue weighted by molar-refractivity contribution is 0.580. The second kappa shape index (κ2) is 2.43. The summed E-state index contributed by atoms with van der Waals surface area (Å²) < 4.78 is 0. The van der Waals surface area contributed by atoms with Gasteiger partial charge in [0.15, 0.2) is 0 Å². The first-order valence-electron chi connectivity index (χ1n) is 1.79. The average Bonchev–Trinajstić information content (AvgIpc) is 0.722. The summed E-state index contributed by atoms with van der Waals surface area (Å²) in [6.07, 6.45) is 0. The molecule has 0 amide bonds. The summed E-state index contributed by atoms with van der Waals surface area (Å²) >= 11 is 0. The molecule has 0 heterocycles. The maximum Gasteiger partial charge on any atom is 0.00686 e. The predicted molar refractivity (Wildman–Crippen MR) is 31.2 cm³/mol. The lowest BCUT2D eigenvalue weighted by Gasteiger charge is -2.06. The van der Waals surface area contributed by atoms with E-state index in [4.69, 9.17) is 5.73 Å². The van der Waals surface area contributed by atoms with E-state index in [-0.39, 0.29) is 17.9 Å². The van der Waals surface area contributed by atoms with Crippen molar-refractivity contribution in [3.63, 3.8) is 0 Å². The van der Waals surface area contributed by atoms with E-state index in [2.05, 4.69) is 0 Å². The number of hydrogen-bond acceptors (Lipinski definition) is 1. The average molecular weight is 111 g/mol. The first-order chi connectivity index (χ1) is 2.00. The fraction of sp³-hybridized carbons (Fsp3) is 1.00. The highest BCUT2D eigenvalue weighted by atomic mass is 35.5. The Labute approximate surface area is 45.3 Å². The zero-order valence-corrected chi connectivity index (χ0v) is 5.30. The fourth-order valence-corrected chi connectivity index (χ4v) is 0. The van der Waals surface area contributed by atoms with Gasteiger partial charge in [-0.2, -0.15) is 0 Å². The van der Waals surface area contributed by atoms with E-state index in [1.807, 2.05) is 20.8 Å². The van der Waals surface area contributed by atoms with Gasteiger partial charge < -0.3 is 5.73 Å². The summed E-state index contributed by atoms with van der Waals surface area (Å²) in [5.74, 6) is 0. The highest BCUT2D eigenvalue weighted by molar-refractivity contribution is 5.85. The maximum absolute atomic E-state index is 5.35. The normalized spacial score (nSPS) is 10.0. The second-order valence-electron chi connectivity index (χ2n) is 2.37. The molecule has 0 fully saturated rings. The quantitative estimate of drug-likeness (QED) is 0.466. The molecule has 0 aliphatic rings. The van der Waals surface area contributed by atoms with Crippen LogP contribution >= 0.6 is 12.4 Å². The van der Waals surface area contributed by atoms with E-state index in [0.717, 1.165) is 0 Å². The summed E-state index contributed by atoms with van der Waals surface area (Å²) in [7, 11) is 0. The number of nitrogens with two attached hydrogens (primary N) is 1. The van der Waals surface area contributed by atoms with Gasteiger partial charge in [-0.1, -0.05) is 0 Å². The predicted octanol–water partition coefficient (Wildman–Crippen LogP) is 1.17. The second-order valence-corrected chi connectivity index (χ2v) is 2.37. The van der Waals surface area contributed by atoms with E-state index in [1.165, 1.54) is 0 Å². The molecule has 0 atom stereocenters. The standard InChI is InChI=1S/C4H11N.ClH/c1-4(2,3)5;/h5H2,1-3H3;1H/i5+1;. The Kier molecular flexibility index (Phi) is 3.86. The van der Waals surface area contributed by atoms with Gasteiger partial charge in [0.05, 0.1) is 0 Å². The van der Waals surface area contributed by atoms with E-state index >= 15 is 0 Å². The van der Waals surface area contributed by atoms with Crippen molar-refractivity contribution in [3.8, 4) is 0 Å². The van der Waals surface area contributed by atoms with Gasteiger partial charge in [-0.25, -0.2) is 0 Å². The molecular formula is C4H12ClN. The molecule has 0 saturated heterocycles. The molecule has 0 aliphatic carbocycles. The summed E-state index contributed by atoms with van der Waals surface area (Å²) in [6, 6.07) is 0. The molecule has 1 nitrogen and oxygen atoms in total. The van der Waals surface area contributed by atoms with Gasteiger partial charge in [-0.15, -0.1) is 12.4 Å². The van der Waals surface area contributed by atoms with Crippen molar-refractivity contribution in [3.05, 3.63) is 0 Å². The van der Waals surface area contributed by atoms with Gasteiger partial charge in [-0.05, 0) is 20.8 Å². The molecule has 0 rings (SSSR count). The van der Waals surface area contributed by atoms with Crippen molar-refractivity contribution in [2.75, 3.05) is 0 Å². The Morgan fingerprint density at radius 1 is 1.17 bits per heavy atom. The summed E-state index contributed by atoms with van der Waals surface area (Å²) in [5.41, 5.74) is 5.35. The van der Waals surface area contributed by atoms with Crippen LogP contribution in [0.3, 0.4) is 0 Å². The molecule has 0 aromatic rings. The molecule has 0 saturated carbocycles. The highest BCUT2D eigenvalue weighted by Gasteiger charge is 1.95. The minimum absolute atomic E-state index is 0. The molecule has 2 heteroatoms. The topological polar surface area (TPSA) is 26.0 Å². The van der Waals surface area contributed by atoms with Crippen LogP contribution in [-0.2, 0) is 0 Å². The van der Waals surface area contributed by atoms with Crippen molar-refractivity contribution in [2.45, 2.75) is 26.3 Å². The van der Waals surface area contributed by atoms with Crippen LogP contribution < -0.4 is 5.73 Å². The van der Waals surface area contributed by atoms with Crippen LogP contribution in [0.5, 0.6) is 0 Å². The van der Waals surface area contributed by atoms with Crippen molar-refractivity contribution >= 4 is 12.4 Å².